The van der Waals surface area contributed by atoms with Gasteiger partial charge in [-0.1, -0.05) is 60.7 Å². The molecule has 0 aliphatic rings. The van der Waals surface area contributed by atoms with Gasteiger partial charge in [0, 0.05) is 5.56 Å². The van der Waals surface area contributed by atoms with Crippen molar-refractivity contribution < 1.29 is 14.3 Å². The average Bonchev–Trinajstić information content (AvgIpc) is 2.70. The average molecular weight is 346 g/mol. The first-order chi connectivity index (χ1) is 12.6. The fraction of sp³-hybridized carbons (Fsp3) is 0.174. The second-order valence-corrected chi connectivity index (χ2v) is 6.10. The highest BCUT2D eigenvalue weighted by molar-refractivity contribution is 5.97. The lowest BCUT2D eigenvalue weighted by Gasteiger charge is -2.34. The van der Waals surface area contributed by atoms with E-state index in [1.807, 2.05) is 78.9 Å². The highest BCUT2D eigenvalue weighted by atomic mass is 16.5. The van der Waals surface area contributed by atoms with Crippen molar-refractivity contribution >= 4 is 5.78 Å². The summed E-state index contributed by atoms with van der Waals surface area (Å²) in [6, 6.07) is 25.2. The topological polar surface area (TPSA) is 35.5 Å². The second-order valence-electron chi connectivity index (χ2n) is 6.10. The maximum atomic E-state index is 13.2. The lowest BCUT2D eigenvalue weighted by Crippen LogP contribution is -2.37. The number of hydrogen-bond acceptors (Lipinski definition) is 3. The van der Waals surface area contributed by atoms with Gasteiger partial charge < -0.3 is 9.47 Å². The van der Waals surface area contributed by atoms with Crippen LogP contribution in [0.4, 0.5) is 0 Å². The third-order valence-electron chi connectivity index (χ3n) is 4.75. The molecule has 3 heteroatoms. The molecule has 0 atom stereocenters. The van der Waals surface area contributed by atoms with Crippen LogP contribution in [0.15, 0.2) is 78.9 Å². The molecule has 0 spiro atoms. The normalized spacial score (nSPS) is 11.0. The monoisotopic (exact) mass is 346 g/mol. The van der Waals surface area contributed by atoms with Gasteiger partial charge in [-0.15, -0.1) is 0 Å². The van der Waals surface area contributed by atoms with E-state index in [9.17, 15) is 4.79 Å². The Hall–Kier alpha value is -3.07. The maximum Gasteiger partial charge on any atom is 0.149 e. The molecule has 3 aromatic rings. The third kappa shape index (κ3) is 2.86. The van der Waals surface area contributed by atoms with Crippen LogP contribution in [0.1, 0.15) is 23.6 Å². The van der Waals surface area contributed by atoms with Gasteiger partial charge in [-0.25, -0.2) is 0 Å². The van der Waals surface area contributed by atoms with Gasteiger partial charge in [0.25, 0.3) is 0 Å². The molecule has 0 saturated carbocycles. The molecule has 0 radical (unpaired) electrons. The van der Waals surface area contributed by atoms with Crippen LogP contribution in [-0.4, -0.2) is 20.0 Å². The van der Waals surface area contributed by atoms with Crippen molar-refractivity contribution in [2.24, 2.45) is 0 Å². The zero-order valence-corrected chi connectivity index (χ0v) is 15.2. The minimum atomic E-state index is -0.984. The number of methoxy groups -OCH3 is 2. The molecule has 3 aromatic carbocycles. The summed E-state index contributed by atoms with van der Waals surface area (Å²) in [4.78, 5) is 13.2. The summed E-state index contributed by atoms with van der Waals surface area (Å²) in [5, 5.41) is 0. The predicted octanol–water partition coefficient (Wildman–Crippen LogP) is 4.63. The van der Waals surface area contributed by atoms with Gasteiger partial charge in [0.2, 0.25) is 0 Å². The molecule has 0 aliphatic heterocycles. The number of hydrogen-bond donors (Lipinski definition) is 0. The molecule has 0 unspecified atom stereocenters. The number of Topliss-reactive ketones (excluding diaryl/α,β-unsaturated/α-hetero) is 1. The summed E-state index contributed by atoms with van der Waals surface area (Å²) in [6.45, 7) is 1.62. The van der Waals surface area contributed by atoms with Crippen LogP contribution in [0.2, 0.25) is 0 Å². The smallest absolute Gasteiger partial charge is 0.149 e. The SMILES string of the molecule is COc1ccc(OC)c(C(C(C)=O)(c2ccccc2)c2ccccc2)c1. The van der Waals surface area contributed by atoms with Crippen LogP contribution in [0.5, 0.6) is 11.5 Å². The lowest BCUT2D eigenvalue weighted by molar-refractivity contribution is -0.119. The number of ether oxygens (including phenoxy) is 2. The number of carbonyl (C=O) groups excluding carboxylic acids is 1. The molecule has 0 aliphatic carbocycles. The summed E-state index contributed by atoms with van der Waals surface area (Å²) in [5.41, 5.74) is 1.57. The van der Waals surface area contributed by atoms with E-state index < -0.39 is 5.41 Å². The van der Waals surface area contributed by atoms with Crippen molar-refractivity contribution in [2.45, 2.75) is 12.3 Å². The highest BCUT2D eigenvalue weighted by Crippen LogP contribution is 2.45. The fourth-order valence-corrected chi connectivity index (χ4v) is 3.56. The Morgan fingerprint density at radius 3 is 1.73 bits per heavy atom. The Labute approximate surface area is 154 Å². The molecule has 3 rings (SSSR count). The van der Waals surface area contributed by atoms with Crippen molar-refractivity contribution in [1.82, 2.24) is 0 Å². The van der Waals surface area contributed by atoms with E-state index in [1.54, 1.807) is 21.1 Å². The summed E-state index contributed by atoms with van der Waals surface area (Å²) in [7, 11) is 3.23. The zero-order valence-electron chi connectivity index (χ0n) is 15.2. The van der Waals surface area contributed by atoms with Crippen molar-refractivity contribution in [3.63, 3.8) is 0 Å². The van der Waals surface area contributed by atoms with E-state index in [2.05, 4.69) is 0 Å². The Morgan fingerprint density at radius 1 is 0.769 bits per heavy atom. The van der Waals surface area contributed by atoms with E-state index in [4.69, 9.17) is 9.47 Å². The van der Waals surface area contributed by atoms with E-state index >= 15 is 0 Å². The lowest BCUT2D eigenvalue weighted by atomic mass is 9.66. The van der Waals surface area contributed by atoms with Gasteiger partial charge in [-0.05, 0) is 36.2 Å². The van der Waals surface area contributed by atoms with Gasteiger partial charge in [0.05, 0.1) is 14.2 Å². The Kier molecular flexibility index (Phi) is 5.08. The molecule has 0 aromatic heterocycles. The molecular formula is C23H22O3. The van der Waals surface area contributed by atoms with Crippen LogP contribution < -0.4 is 9.47 Å². The molecule has 0 N–H and O–H groups in total. The summed E-state index contributed by atoms with van der Waals surface area (Å²) < 4.78 is 11.1. The van der Waals surface area contributed by atoms with Crippen LogP contribution in [-0.2, 0) is 10.2 Å². The Morgan fingerprint density at radius 2 is 1.31 bits per heavy atom. The van der Waals surface area contributed by atoms with Crippen LogP contribution in [0.3, 0.4) is 0 Å². The number of carbonyl (C=O) groups is 1. The minimum absolute atomic E-state index is 0.0152. The van der Waals surface area contributed by atoms with Gasteiger partial charge in [0.15, 0.2) is 0 Å². The summed E-state index contributed by atoms with van der Waals surface area (Å²) >= 11 is 0. The Balaban J connectivity index is 2.44. The zero-order chi connectivity index (χ0) is 18.6. The first-order valence-corrected chi connectivity index (χ1v) is 8.49. The first-order valence-electron chi connectivity index (χ1n) is 8.49. The van der Waals surface area contributed by atoms with E-state index in [0.29, 0.717) is 11.5 Å². The van der Waals surface area contributed by atoms with E-state index in [-0.39, 0.29) is 5.78 Å². The van der Waals surface area contributed by atoms with Gasteiger partial charge in [-0.2, -0.15) is 0 Å². The molecule has 3 nitrogen and oxygen atoms in total. The largest absolute Gasteiger partial charge is 0.497 e. The standard InChI is InChI=1S/C23H22O3/c1-17(24)23(18-10-6-4-7-11-18,19-12-8-5-9-13-19)21-16-20(25-2)14-15-22(21)26-3/h4-16H,1-3H3. The fourth-order valence-electron chi connectivity index (χ4n) is 3.56. The van der Waals surface area contributed by atoms with Gasteiger partial charge >= 0.3 is 0 Å². The maximum absolute atomic E-state index is 13.2. The van der Waals surface area contributed by atoms with Crippen LogP contribution in [0.25, 0.3) is 0 Å². The molecule has 0 saturated heterocycles. The van der Waals surface area contributed by atoms with Crippen LogP contribution in [0, 0.1) is 0 Å². The van der Waals surface area contributed by atoms with Crippen molar-refractivity contribution in [3.05, 3.63) is 95.6 Å². The van der Waals surface area contributed by atoms with Crippen LogP contribution >= 0.6 is 0 Å². The molecule has 0 amide bonds. The third-order valence-corrected chi connectivity index (χ3v) is 4.75. The van der Waals surface area contributed by atoms with Crippen molar-refractivity contribution in [3.8, 4) is 11.5 Å². The van der Waals surface area contributed by atoms with Gasteiger partial charge in [-0.3, -0.25) is 4.79 Å². The number of rotatable bonds is 6. The number of benzene rings is 3. The first kappa shape index (κ1) is 17.7. The molecule has 0 fully saturated rings. The molecule has 132 valence electrons. The van der Waals surface area contributed by atoms with Crippen molar-refractivity contribution in [1.29, 1.82) is 0 Å². The Bertz CT molecular complexity index is 846. The summed E-state index contributed by atoms with van der Waals surface area (Å²) in [6.07, 6.45) is 0. The predicted molar refractivity (Wildman–Crippen MR) is 103 cm³/mol. The number of ketones is 1. The summed E-state index contributed by atoms with van der Waals surface area (Å²) in [5.74, 6) is 1.34. The van der Waals surface area contributed by atoms with E-state index in [1.165, 1.54) is 0 Å². The van der Waals surface area contributed by atoms with E-state index in [0.717, 1.165) is 16.7 Å². The van der Waals surface area contributed by atoms with Gasteiger partial charge in [0.1, 0.15) is 22.7 Å². The quantitative estimate of drug-likeness (QED) is 0.611. The molecule has 0 bridgehead atoms. The van der Waals surface area contributed by atoms with Crippen molar-refractivity contribution in [2.75, 3.05) is 14.2 Å². The molecule has 26 heavy (non-hydrogen) atoms. The minimum Gasteiger partial charge on any atom is -0.497 e. The molecule has 0 heterocycles. The highest BCUT2D eigenvalue weighted by Gasteiger charge is 2.43. The second kappa shape index (κ2) is 7.44. The molecular weight excluding hydrogens is 324 g/mol.